The van der Waals surface area contributed by atoms with Crippen molar-refractivity contribution in [1.82, 2.24) is 5.32 Å². The zero-order valence-electron chi connectivity index (χ0n) is 13.4. The number of hydrogen-bond acceptors (Lipinski definition) is 2. The van der Waals surface area contributed by atoms with E-state index in [4.69, 9.17) is 10.5 Å². The summed E-state index contributed by atoms with van der Waals surface area (Å²) in [7, 11) is 0. The molecule has 0 aromatic heterocycles. The number of halogens is 1. The van der Waals surface area contributed by atoms with Crippen LogP contribution >= 0.6 is 24.0 Å². The van der Waals surface area contributed by atoms with Crippen LogP contribution < -0.4 is 15.8 Å². The molecule has 0 saturated heterocycles. The Labute approximate surface area is 150 Å². The fourth-order valence-corrected chi connectivity index (χ4v) is 2.71. The number of aliphatic imine (C=N–C) groups is 1. The third-order valence-electron chi connectivity index (χ3n) is 3.84. The molecule has 2 rings (SSSR count). The zero-order chi connectivity index (χ0) is 14.9. The van der Waals surface area contributed by atoms with E-state index >= 15 is 0 Å². The normalized spacial score (nSPS) is 16.5. The number of ether oxygens (including phenoxy) is 1. The number of hydrogen-bond donors (Lipinski definition) is 2. The first-order valence-corrected chi connectivity index (χ1v) is 8.00. The molecule has 1 aromatic rings. The molecule has 0 heterocycles. The van der Waals surface area contributed by atoms with Crippen LogP contribution in [0.15, 0.2) is 29.3 Å². The van der Waals surface area contributed by atoms with Crippen molar-refractivity contribution in [2.24, 2.45) is 10.7 Å². The van der Waals surface area contributed by atoms with Gasteiger partial charge in [-0.25, -0.2) is 4.99 Å². The van der Waals surface area contributed by atoms with Gasteiger partial charge in [-0.05, 0) is 37.5 Å². The van der Waals surface area contributed by atoms with Gasteiger partial charge in [0.15, 0.2) is 5.96 Å². The number of guanidine groups is 1. The molecule has 3 N–H and O–H groups in total. The van der Waals surface area contributed by atoms with Crippen molar-refractivity contribution < 1.29 is 4.74 Å². The summed E-state index contributed by atoms with van der Waals surface area (Å²) in [5, 5.41) is 3.34. The van der Waals surface area contributed by atoms with Gasteiger partial charge in [-0.15, -0.1) is 24.0 Å². The van der Waals surface area contributed by atoms with Gasteiger partial charge in [-0.2, -0.15) is 0 Å². The summed E-state index contributed by atoms with van der Waals surface area (Å²) in [6.07, 6.45) is 7.69. The quantitative estimate of drug-likeness (QED) is 0.253. The minimum absolute atomic E-state index is 0. The number of nitrogens with zero attached hydrogens (tertiary/aromatic N) is 1. The maximum absolute atomic E-state index is 5.94. The van der Waals surface area contributed by atoms with Crippen LogP contribution in [-0.2, 0) is 0 Å². The van der Waals surface area contributed by atoms with Crippen molar-refractivity contribution in [3.8, 4) is 5.75 Å². The van der Waals surface area contributed by atoms with E-state index < -0.39 is 0 Å². The van der Waals surface area contributed by atoms with Gasteiger partial charge in [0.1, 0.15) is 12.4 Å². The number of rotatable bonds is 5. The maximum atomic E-state index is 5.94. The minimum atomic E-state index is 0. The van der Waals surface area contributed by atoms with Gasteiger partial charge in [0.2, 0.25) is 0 Å². The van der Waals surface area contributed by atoms with Crippen molar-refractivity contribution in [3.05, 3.63) is 29.8 Å². The average molecular weight is 417 g/mol. The minimum Gasteiger partial charge on any atom is -0.492 e. The lowest BCUT2D eigenvalue weighted by atomic mass is 10.1. The standard InChI is InChI=1S/C17H27N3O.HI/c1-14-7-6-10-16(13-14)21-12-11-19-17(18)20-15-8-4-2-3-5-9-15;/h6-7,10,13,15H,2-5,8-9,11-12H2,1H3,(H3,18,19,20);1H. The molecule has 0 radical (unpaired) electrons. The smallest absolute Gasteiger partial charge is 0.188 e. The van der Waals surface area contributed by atoms with Gasteiger partial charge in [0, 0.05) is 6.04 Å². The van der Waals surface area contributed by atoms with Gasteiger partial charge in [0.05, 0.1) is 6.54 Å². The van der Waals surface area contributed by atoms with E-state index in [1.165, 1.54) is 44.1 Å². The van der Waals surface area contributed by atoms with Crippen LogP contribution in [0.5, 0.6) is 5.75 Å². The summed E-state index contributed by atoms with van der Waals surface area (Å²) >= 11 is 0. The van der Waals surface area contributed by atoms with Crippen LogP contribution in [0, 0.1) is 6.92 Å². The van der Waals surface area contributed by atoms with Crippen molar-refractivity contribution >= 4 is 29.9 Å². The monoisotopic (exact) mass is 417 g/mol. The molecule has 0 spiro atoms. The second-order valence-corrected chi connectivity index (χ2v) is 5.76. The van der Waals surface area contributed by atoms with E-state index in [2.05, 4.69) is 23.3 Å². The van der Waals surface area contributed by atoms with E-state index in [1.807, 2.05) is 18.2 Å². The third-order valence-corrected chi connectivity index (χ3v) is 3.84. The number of nitrogens with one attached hydrogen (secondary N) is 1. The lowest BCUT2D eigenvalue weighted by Crippen LogP contribution is -2.40. The summed E-state index contributed by atoms with van der Waals surface area (Å²) in [6, 6.07) is 8.53. The third kappa shape index (κ3) is 7.33. The fourth-order valence-electron chi connectivity index (χ4n) is 2.71. The highest BCUT2D eigenvalue weighted by Gasteiger charge is 2.11. The molecule has 1 saturated carbocycles. The molecule has 0 atom stereocenters. The molecule has 0 amide bonds. The first-order valence-electron chi connectivity index (χ1n) is 8.00. The highest BCUT2D eigenvalue weighted by atomic mass is 127. The van der Waals surface area contributed by atoms with Crippen LogP contribution in [0.3, 0.4) is 0 Å². The maximum Gasteiger partial charge on any atom is 0.188 e. The largest absolute Gasteiger partial charge is 0.492 e. The number of benzene rings is 1. The molecule has 0 bridgehead atoms. The predicted molar refractivity (Wildman–Crippen MR) is 103 cm³/mol. The molecule has 1 aromatic carbocycles. The number of aryl methyl sites for hydroxylation is 1. The summed E-state index contributed by atoms with van der Waals surface area (Å²) in [4.78, 5) is 4.34. The Balaban J connectivity index is 0.00000242. The predicted octanol–water partition coefficient (Wildman–Crippen LogP) is 3.62. The van der Waals surface area contributed by atoms with Crippen molar-refractivity contribution in [1.29, 1.82) is 0 Å². The number of nitrogens with two attached hydrogens (primary N) is 1. The van der Waals surface area contributed by atoms with Gasteiger partial charge < -0.3 is 15.8 Å². The van der Waals surface area contributed by atoms with Gasteiger partial charge >= 0.3 is 0 Å². The second kappa shape index (κ2) is 10.7. The Morgan fingerprint density at radius 1 is 1.27 bits per heavy atom. The van der Waals surface area contributed by atoms with Gasteiger partial charge in [-0.3, -0.25) is 0 Å². The van der Waals surface area contributed by atoms with Crippen molar-refractivity contribution in [3.63, 3.8) is 0 Å². The molecule has 1 aliphatic rings. The Kier molecular flexibility index (Phi) is 9.27. The Bertz CT molecular complexity index is 457. The summed E-state index contributed by atoms with van der Waals surface area (Å²) in [5.41, 5.74) is 7.14. The molecule has 22 heavy (non-hydrogen) atoms. The first-order chi connectivity index (χ1) is 10.2. The van der Waals surface area contributed by atoms with E-state index in [1.54, 1.807) is 0 Å². The molecule has 0 aliphatic heterocycles. The molecule has 5 heteroatoms. The van der Waals surface area contributed by atoms with E-state index in [-0.39, 0.29) is 24.0 Å². The van der Waals surface area contributed by atoms with Crippen LogP contribution in [0.25, 0.3) is 0 Å². The SMILES string of the molecule is Cc1cccc(OCCN=C(N)NC2CCCCCC2)c1.I. The van der Waals surface area contributed by atoms with E-state index in [0.29, 0.717) is 25.2 Å². The van der Waals surface area contributed by atoms with Crippen LogP contribution in [0.2, 0.25) is 0 Å². The van der Waals surface area contributed by atoms with Crippen molar-refractivity contribution in [2.45, 2.75) is 51.5 Å². The van der Waals surface area contributed by atoms with E-state index in [9.17, 15) is 0 Å². The topological polar surface area (TPSA) is 59.6 Å². The van der Waals surface area contributed by atoms with Crippen LogP contribution in [0.1, 0.15) is 44.1 Å². The van der Waals surface area contributed by atoms with E-state index in [0.717, 1.165) is 5.75 Å². The summed E-state index contributed by atoms with van der Waals surface area (Å²) in [5.74, 6) is 1.44. The Hall–Kier alpha value is -0.980. The molecule has 1 fully saturated rings. The molecular weight excluding hydrogens is 389 g/mol. The highest BCUT2D eigenvalue weighted by molar-refractivity contribution is 14.0. The zero-order valence-corrected chi connectivity index (χ0v) is 15.7. The summed E-state index contributed by atoms with van der Waals surface area (Å²) in [6.45, 7) is 3.19. The second-order valence-electron chi connectivity index (χ2n) is 5.76. The average Bonchev–Trinajstić information content (AvgIpc) is 2.72. The molecular formula is C17H28IN3O. The lowest BCUT2D eigenvalue weighted by molar-refractivity contribution is 0.328. The summed E-state index contributed by atoms with van der Waals surface area (Å²) < 4.78 is 5.66. The lowest BCUT2D eigenvalue weighted by Gasteiger charge is -2.16. The Morgan fingerprint density at radius 2 is 2.00 bits per heavy atom. The Morgan fingerprint density at radius 3 is 2.68 bits per heavy atom. The molecule has 124 valence electrons. The van der Waals surface area contributed by atoms with Crippen molar-refractivity contribution in [2.75, 3.05) is 13.2 Å². The highest BCUT2D eigenvalue weighted by Crippen LogP contribution is 2.17. The molecule has 0 unspecified atom stereocenters. The molecule has 4 nitrogen and oxygen atoms in total. The first kappa shape index (κ1) is 19.1. The fraction of sp³-hybridized carbons (Fsp3) is 0.588. The van der Waals surface area contributed by atoms with Gasteiger partial charge in [0.25, 0.3) is 0 Å². The van der Waals surface area contributed by atoms with Crippen LogP contribution in [0.4, 0.5) is 0 Å². The molecule has 1 aliphatic carbocycles. The van der Waals surface area contributed by atoms with Gasteiger partial charge in [-0.1, -0.05) is 37.8 Å². The van der Waals surface area contributed by atoms with Crippen LogP contribution in [-0.4, -0.2) is 25.2 Å².